The van der Waals surface area contributed by atoms with Gasteiger partial charge in [0.25, 0.3) is 5.91 Å². The first-order valence-electron chi connectivity index (χ1n) is 12.2. The molecule has 3 aromatic rings. The predicted octanol–water partition coefficient (Wildman–Crippen LogP) is 5.63. The molecule has 34 heavy (non-hydrogen) atoms. The Kier molecular flexibility index (Phi) is 7.88. The van der Waals surface area contributed by atoms with Crippen LogP contribution in [-0.2, 0) is 16.4 Å². The molecule has 1 amide bonds. The zero-order valence-electron chi connectivity index (χ0n) is 19.8. The van der Waals surface area contributed by atoms with E-state index in [1.54, 1.807) is 17.0 Å². The van der Waals surface area contributed by atoms with E-state index in [1.165, 1.54) is 12.8 Å². The van der Waals surface area contributed by atoms with E-state index < -0.39 is 9.84 Å². The second-order valence-corrected chi connectivity index (χ2v) is 11.3. The highest BCUT2D eigenvalue weighted by atomic mass is 32.2. The third kappa shape index (κ3) is 5.98. The van der Waals surface area contributed by atoms with Crippen molar-refractivity contribution in [3.05, 3.63) is 77.9 Å². The third-order valence-electron chi connectivity index (χ3n) is 6.50. The number of hydrogen-bond donors (Lipinski definition) is 0. The highest BCUT2D eigenvalue weighted by Crippen LogP contribution is 2.26. The van der Waals surface area contributed by atoms with E-state index in [9.17, 15) is 13.2 Å². The molecular weight excluding hydrogens is 446 g/mol. The average molecular weight is 480 g/mol. The normalized spacial score (nSPS) is 17.0. The van der Waals surface area contributed by atoms with Crippen molar-refractivity contribution in [3.63, 3.8) is 0 Å². The molecule has 1 atom stereocenters. The molecule has 6 heteroatoms. The van der Waals surface area contributed by atoms with Gasteiger partial charge in [-0.1, -0.05) is 68.7 Å². The quantitative estimate of drug-likeness (QED) is 0.354. The smallest absolute Gasteiger partial charge is 0.254 e. The summed E-state index contributed by atoms with van der Waals surface area (Å²) >= 11 is 0. The van der Waals surface area contributed by atoms with Gasteiger partial charge in [0.1, 0.15) is 5.75 Å². The maximum Gasteiger partial charge on any atom is 0.254 e. The number of nitrogens with zero attached hydrogens (tertiary/aromatic N) is 1. The van der Waals surface area contributed by atoms with Crippen molar-refractivity contribution in [1.29, 1.82) is 0 Å². The zero-order valence-corrected chi connectivity index (χ0v) is 20.6. The molecule has 1 fully saturated rings. The highest BCUT2D eigenvalue weighted by Gasteiger charge is 2.35. The van der Waals surface area contributed by atoms with Crippen LogP contribution >= 0.6 is 0 Å². The van der Waals surface area contributed by atoms with E-state index in [2.05, 4.69) is 6.92 Å². The number of amides is 1. The summed E-state index contributed by atoms with van der Waals surface area (Å²) in [5.41, 5.74) is 1.56. The summed E-state index contributed by atoms with van der Waals surface area (Å²) in [5.74, 6) is 0.742. The van der Waals surface area contributed by atoms with Gasteiger partial charge in [0.2, 0.25) is 0 Å². The summed E-state index contributed by atoms with van der Waals surface area (Å²) in [5, 5.41) is 2.18. The van der Waals surface area contributed by atoms with Gasteiger partial charge in [-0.05, 0) is 53.4 Å². The second kappa shape index (κ2) is 11.0. The fraction of sp³-hybridized carbons (Fsp3) is 0.393. The number of benzene rings is 3. The van der Waals surface area contributed by atoms with Gasteiger partial charge in [0.15, 0.2) is 9.84 Å². The Morgan fingerprint density at radius 1 is 0.971 bits per heavy atom. The Labute approximate surface area is 202 Å². The monoisotopic (exact) mass is 479 g/mol. The van der Waals surface area contributed by atoms with Crippen LogP contribution < -0.4 is 4.74 Å². The number of fused-ring (bicyclic) bond motifs is 1. The van der Waals surface area contributed by atoms with Gasteiger partial charge in [-0.3, -0.25) is 4.79 Å². The van der Waals surface area contributed by atoms with E-state index in [0.717, 1.165) is 34.9 Å². The Balaban J connectivity index is 1.54. The maximum absolute atomic E-state index is 13.6. The van der Waals surface area contributed by atoms with Gasteiger partial charge >= 0.3 is 0 Å². The van der Waals surface area contributed by atoms with Crippen LogP contribution in [-0.4, -0.2) is 43.4 Å². The highest BCUT2D eigenvalue weighted by molar-refractivity contribution is 7.91. The van der Waals surface area contributed by atoms with Crippen molar-refractivity contribution < 1.29 is 17.9 Å². The van der Waals surface area contributed by atoms with Crippen molar-refractivity contribution in [2.45, 2.75) is 51.6 Å². The molecule has 0 radical (unpaired) electrons. The molecule has 0 N–H and O–H groups in total. The molecule has 1 aliphatic heterocycles. The minimum atomic E-state index is -3.13. The number of sulfone groups is 1. The van der Waals surface area contributed by atoms with Gasteiger partial charge in [-0.15, -0.1) is 0 Å². The summed E-state index contributed by atoms with van der Waals surface area (Å²) in [7, 11) is -3.13. The molecule has 0 saturated carbocycles. The summed E-state index contributed by atoms with van der Waals surface area (Å²) in [6.45, 7) is 3.22. The van der Waals surface area contributed by atoms with Gasteiger partial charge in [0.05, 0.1) is 18.1 Å². The molecule has 1 saturated heterocycles. The van der Waals surface area contributed by atoms with Crippen molar-refractivity contribution in [1.82, 2.24) is 4.90 Å². The summed E-state index contributed by atoms with van der Waals surface area (Å²) in [4.78, 5) is 15.4. The molecule has 1 heterocycles. The first-order chi connectivity index (χ1) is 16.5. The first kappa shape index (κ1) is 24.3. The Hall–Kier alpha value is -2.86. The fourth-order valence-electron chi connectivity index (χ4n) is 4.58. The van der Waals surface area contributed by atoms with Crippen LogP contribution in [0.4, 0.5) is 0 Å². The van der Waals surface area contributed by atoms with Crippen molar-refractivity contribution in [3.8, 4) is 5.75 Å². The fourth-order valence-corrected chi connectivity index (χ4v) is 6.31. The van der Waals surface area contributed by atoms with E-state index >= 15 is 0 Å². The lowest BCUT2D eigenvalue weighted by atomic mass is 10.0. The molecule has 3 aromatic carbocycles. The Morgan fingerprint density at radius 2 is 1.74 bits per heavy atom. The number of hydrogen-bond acceptors (Lipinski definition) is 4. The molecule has 1 aliphatic rings. The van der Waals surface area contributed by atoms with Crippen LogP contribution in [0.1, 0.15) is 54.9 Å². The van der Waals surface area contributed by atoms with Gasteiger partial charge in [0, 0.05) is 18.2 Å². The van der Waals surface area contributed by atoms with E-state index in [1.807, 2.05) is 54.6 Å². The minimum absolute atomic E-state index is 0.0163. The molecule has 1 unspecified atom stereocenters. The van der Waals surface area contributed by atoms with Crippen molar-refractivity contribution >= 4 is 26.5 Å². The number of rotatable bonds is 10. The van der Waals surface area contributed by atoms with E-state index in [0.29, 0.717) is 25.1 Å². The van der Waals surface area contributed by atoms with E-state index in [4.69, 9.17) is 4.74 Å². The Bertz CT molecular complexity index is 1220. The van der Waals surface area contributed by atoms with Gasteiger partial charge in [-0.2, -0.15) is 0 Å². The van der Waals surface area contributed by atoms with Crippen LogP contribution in [0.25, 0.3) is 10.8 Å². The van der Waals surface area contributed by atoms with Crippen LogP contribution in [0.2, 0.25) is 0 Å². The number of carbonyl (C=O) groups excluding carboxylic acids is 1. The minimum Gasteiger partial charge on any atom is -0.494 e. The Morgan fingerprint density at radius 3 is 2.47 bits per heavy atom. The molecule has 5 nitrogen and oxygen atoms in total. The van der Waals surface area contributed by atoms with Crippen LogP contribution in [0.15, 0.2) is 66.7 Å². The predicted molar refractivity (Wildman–Crippen MR) is 137 cm³/mol. The summed E-state index contributed by atoms with van der Waals surface area (Å²) < 4.78 is 30.3. The summed E-state index contributed by atoms with van der Waals surface area (Å²) in [6.07, 6.45) is 5.04. The molecule has 0 aliphatic carbocycles. The van der Waals surface area contributed by atoms with Crippen LogP contribution in [0.5, 0.6) is 5.75 Å². The number of carbonyl (C=O) groups is 1. The maximum atomic E-state index is 13.6. The first-order valence-corrected chi connectivity index (χ1v) is 14.0. The third-order valence-corrected chi connectivity index (χ3v) is 8.25. The number of ether oxygens (including phenoxy) is 1. The second-order valence-electron chi connectivity index (χ2n) is 9.06. The standard InChI is InChI=1S/C28H33NO4S/c1-2-3-4-7-18-33-26-15-13-23(14-16-26)28(30)29(25-17-19-34(31,32)21-25)20-24-11-8-10-22-9-5-6-12-27(22)24/h5-6,8-16,25H,2-4,7,17-21H2,1H3. The topological polar surface area (TPSA) is 63.7 Å². The largest absolute Gasteiger partial charge is 0.494 e. The van der Waals surface area contributed by atoms with E-state index in [-0.39, 0.29) is 23.5 Å². The lowest BCUT2D eigenvalue weighted by molar-refractivity contribution is 0.0682. The lowest BCUT2D eigenvalue weighted by Crippen LogP contribution is -2.40. The number of unbranched alkanes of at least 4 members (excludes halogenated alkanes) is 3. The molecule has 180 valence electrons. The molecule has 0 spiro atoms. The molecular formula is C28H33NO4S. The zero-order chi connectivity index (χ0) is 24.0. The van der Waals surface area contributed by atoms with Gasteiger partial charge in [-0.25, -0.2) is 8.42 Å². The average Bonchev–Trinajstić information content (AvgIpc) is 3.21. The van der Waals surface area contributed by atoms with Crippen molar-refractivity contribution in [2.24, 2.45) is 0 Å². The SMILES string of the molecule is CCCCCCOc1ccc(C(=O)N(Cc2cccc3ccccc23)C2CCS(=O)(=O)C2)cc1. The van der Waals surface area contributed by atoms with Gasteiger partial charge < -0.3 is 9.64 Å². The van der Waals surface area contributed by atoms with Crippen LogP contribution in [0.3, 0.4) is 0 Å². The van der Waals surface area contributed by atoms with Crippen molar-refractivity contribution in [2.75, 3.05) is 18.1 Å². The molecule has 0 aromatic heterocycles. The molecule has 0 bridgehead atoms. The lowest BCUT2D eigenvalue weighted by Gasteiger charge is -2.29. The molecule has 4 rings (SSSR count). The summed E-state index contributed by atoms with van der Waals surface area (Å²) in [6, 6.07) is 21.0. The van der Waals surface area contributed by atoms with Crippen LogP contribution in [0, 0.1) is 0 Å².